The Morgan fingerprint density at radius 3 is 0.943 bits per heavy atom. The summed E-state index contributed by atoms with van der Waals surface area (Å²) in [6.45, 7) is 0. The van der Waals surface area contributed by atoms with E-state index in [0.29, 0.717) is 0 Å². The van der Waals surface area contributed by atoms with E-state index in [2.05, 4.69) is 433 Å². The van der Waals surface area contributed by atoms with E-state index in [1.54, 1.807) is 33.4 Å². The van der Waals surface area contributed by atoms with Crippen molar-refractivity contribution in [2.75, 3.05) is 14.7 Å². The molecule has 0 aliphatic heterocycles. The number of fused-ring (bicyclic) bond motifs is 16. The summed E-state index contributed by atoms with van der Waals surface area (Å²) in [7, 11) is 0. The van der Waals surface area contributed by atoms with Gasteiger partial charge < -0.3 is 14.7 Å². The highest BCUT2D eigenvalue weighted by Gasteiger charge is 2.65. The minimum absolute atomic E-state index is 0.157. The summed E-state index contributed by atoms with van der Waals surface area (Å²) in [6, 6.07) is 158. The molecule has 15 aliphatic rings. The predicted molar refractivity (Wildman–Crippen MR) is 593 cm³/mol. The fourth-order valence-electron chi connectivity index (χ4n) is 32.6. The standard InChI is InChI=1S/2C46H37NS.C44H37N/c1-2-9-34(10-3-1)47(35-19-17-31(18-20-35)37-13-8-14-41-40-12-5-7-16-44(40)48-45(37)41)36-21-22-39-38-11-4-6-15-42(38)46(43(39)28-36)32-24-29-23-30(26-32)27-33(46)25-29;1-2-8-35(9-3-1)47(36-17-14-31(15-18-36)32-16-21-45-41(27-32)40-11-5-7-13-44(40)48-45)37-19-20-39-38-10-4-6-12-42(38)46(43(39)28-37)33-23-29-22-30(25-33)26-34(46)24-29;1-2-12-37(13-3-1)45(38-14-8-11-33(27-38)34-18-17-31-9-4-5-10-32(31)26-34)39-19-20-41-40-15-6-7-16-42(40)44(43(41)28-39)35-22-29-21-30(24-35)25-36(44)23-29/h1-22,28-30,32-33H,23-27H2;1-21,27-30,33-34H,22-26H2;1-20,26-30,35-36H,21-25H2. The Balaban J connectivity index is 0.0000000992. The van der Waals surface area contributed by atoms with E-state index in [1.807, 2.05) is 22.7 Å². The van der Waals surface area contributed by atoms with Crippen molar-refractivity contribution in [1.82, 2.24) is 0 Å². The zero-order chi connectivity index (χ0) is 92.3. The molecule has 0 unspecified atom stereocenters. The third-order valence-electron chi connectivity index (χ3n) is 37.3. The first-order valence-corrected chi connectivity index (χ1v) is 54.3. The summed E-state index contributed by atoms with van der Waals surface area (Å²) in [6.07, 6.45) is 21.3. The van der Waals surface area contributed by atoms with Gasteiger partial charge in [0.2, 0.25) is 0 Å². The Labute approximate surface area is 835 Å². The SMILES string of the molecule is c1ccc(N(c2ccc(-c3ccc4sc5ccccc5c4c3)cc2)c2ccc3c(c2)C2(c4ccccc4-3)C3CC4CC(C3)CC2C4)cc1.c1ccc(N(c2ccc(-c3cccc4c3sc3ccccc34)cc2)c2ccc3c(c2)C2(c4ccccc4-3)C3CC4CC(C3)CC2C4)cc1.c1ccc(N(c2cccc(-c3ccc4ccccc4c3)c2)c2ccc3c(c2)C2(c4ccccc4-3)C3CC4CC(C3)CC2C4)cc1. The first-order chi connectivity index (χ1) is 69.7. The van der Waals surface area contributed by atoms with Crippen LogP contribution in [0.5, 0.6) is 0 Å². The average molecular weight is 1850 g/mol. The van der Waals surface area contributed by atoms with Gasteiger partial charge in [0.05, 0.1) is 0 Å². The maximum absolute atomic E-state index is 2.61. The smallest absolute Gasteiger partial charge is 0.0467 e. The van der Waals surface area contributed by atoms with Crippen molar-refractivity contribution in [2.45, 2.75) is 113 Å². The molecular formula is C136H111N3S2. The van der Waals surface area contributed by atoms with Crippen LogP contribution in [0.2, 0.25) is 0 Å². The minimum atomic E-state index is 0.157. The van der Waals surface area contributed by atoms with Gasteiger partial charge in [-0.1, -0.05) is 279 Å². The van der Waals surface area contributed by atoms with E-state index in [9.17, 15) is 0 Å². The fraction of sp³-hybridized carbons (Fsp3) is 0.221. The van der Waals surface area contributed by atoms with Gasteiger partial charge in [0, 0.05) is 108 Å². The van der Waals surface area contributed by atoms with Gasteiger partial charge in [0.1, 0.15) is 0 Å². The number of anilines is 9. The Morgan fingerprint density at radius 1 is 0.170 bits per heavy atom. The van der Waals surface area contributed by atoms with Crippen molar-refractivity contribution < 1.29 is 0 Å². The number of nitrogens with zero attached hydrogens (tertiary/aromatic N) is 3. The maximum atomic E-state index is 2.61. The second-order valence-corrected chi connectivity index (χ2v) is 46.3. The number of hydrogen-bond donors (Lipinski definition) is 0. The minimum Gasteiger partial charge on any atom is -0.310 e. The Morgan fingerprint density at radius 2 is 0.475 bits per heavy atom. The Bertz CT molecular complexity index is 8270. The third-order valence-corrected chi connectivity index (χ3v) is 39.7. The largest absolute Gasteiger partial charge is 0.310 e. The van der Waals surface area contributed by atoms with Crippen molar-refractivity contribution in [2.24, 2.45) is 71.0 Å². The molecule has 12 bridgehead atoms. The molecule has 12 saturated carbocycles. The molecule has 18 aromatic carbocycles. The molecule has 5 heteroatoms. The summed E-state index contributed by atoms with van der Waals surface area (Å²) in [5.41, 5.74) is 37.6. The van der Waals surface area contributed by atoms with Gasteiger partial charge >= 0.3 is 0 Å². The van der Waals surface area contributed by atoms with Crippen molar-refractivity contribution in [3.05, 3.63) is 452 Å². The van der Waals surface area contributed by atoms with E-state index in [-0.39, 0.29) is 16.2 Å². The van der Waals surface area contributed by atoms with Crippen molar-refractivity contribution >= 4 is 125 Å². The number of para-hydroxylation sites is 3. The van der Waals surface area contributed by atoms with E-state index < -0.39 is 0 Å². The van der Waals surface area contributed by atoms with Crippen molar-refractivity contribution in [3.8, 4) is 66.8 Å². The molecule has 0 N–H and O–H groups in total. The molecule has 35 rings (SSSR count). The van der Waals surface area contributed by atoms with Crippen LogP contribution < -0.4 is 14.7 Å². The van der Waals surface area contributed by atoms with E-state index in [0.717, 1.165) is 71.0 Å². The Kier molecular flexibility index (Phi) is 19.1. The lowest BCUT2D eigenvalue weighted by Crippen LogP contribution is -2.55. The molecular weight excluding hydrogens is 1740 g/mol. The zero-order valence-electron chi connectivity index (χ0n) is 79.5. The summed E-state index contributed by atoms with van der Waals surface area (Å²) in [5.74, 6) is 10.2. The highest BCUT2D eigenvalue weighted by atomic mass is 32.1. The first-order valence-electron chi connectivity index (χ1n) is 52.7. The van der Waals surface area contributed by atoms with Gasteiger partial charge in [-0.2, -0.15) is 0 Å². The molecule has 141 heavy (non-hydrogen) atoms. The molecule has 12 fully saturated rings. The monoisotopic (exact) mass is 1850 g/mol. The van der Waals surface area contributed by atoms with Crippen LogP contribution in [0.15, 0.2) is 419 Å². The van der Waals surface area contributed by atoms with Gasteiger partial charge in [0.15, 0.2) is 0 Å². The lowest BCUT2D eigenvalue weighted by Gasteiger charge is -2.61. The number of thiophene rings is 2. The van der Waals surface area contributed by atoms with Gasteiger partial charge in [-0.15, -0.1) is 22.7 Å². The molecule has 20 aromatic rings. The summed E-state index contributed by atoms with van der Waals surface area (Å²) in [5, 5.41) is 7.95. The molecule has 2 aromatic heterocycles. The molecule has 3 spiro atoms. The Hall–Kier alpha value is -13.9. The van der Waals surface area contributed by atoms with Crippen LogP contribution in [-0.4, -0.2) is 0 Å². The fourth-order valence-corrected chi connectivity index (χ4v) is 34.9. The van der Waals surface area contributed by atoms with Gasteiger partial charge in [-0.3, -0.25) is 0 Å². The van der Waals surface area contributed by atoms with E-state index >= 15 is 0 Å². The van der Waals surface area contributed by atoms with Crippen molar-refractivity contribution in [3.63, 3.8) is 0 Å². The molecule has 15 aliphatic carbocycles. The van der Waals surface area contributed by atoms with Crippen LogP contribution in [-0.2, 0) is 16.2 Å². The average Bonchev–Trinajstić information content (AvgIpc) is 1.53. The molecule has 3 nitrogen and oxygen atoms in total. The van der Waals surface area contributed by atoms with Crippen LogP contribution in [0.4, 0.5) is 51.2 Å². The van der Waals surface area contributed by atoms with Crippen LogP contribution in [0.25, 0.3) is 118 Å². The van der Waals surface area contributed by atoms with Crippen LogP contribution in [0.3, 0.4) is 0 Å². The topological polar surface area (TPSA) is 9.72 Å². The zero-order valence-corrected chi connectivity index (χ0v) is 81.2. The second-order valence-electron chi connectivity index (χ2n) is 44.2. The second kappa shape index (κ2) is 32.6. The van der Waals surface area contributed by atoms with Gasteiger partial charge in [-0.25, -0.2) is 0 Å². The molecule has 682 valence electrons. The molecule has 0 radical (unpaired) electrons. The number of hydrogen-bond acceptors (Lipinski definition) is 5. The number of rotatable bonds is 12. The van der Waals surface area contributed by atoms with Crippen LogP contribution >= 0.6 is 22.7 Å². The molecule has 0 saturated heterocycles. The van der Waals surface area contributed by atoms with Crippen molar-refractivity contribution in [1.29, 1.82) is 0 Å². The number of benzene rings is 18. The molecule has 0 amide bonds. The lowest BCUT2D eigenvalue weighted by atomic mass is 9.43. The van der Waals surface area contributed by atoms with Crippen LogP contribution in [0.1, 0.15) is 130 Å². The quantitative estimate of drug-likeness (QED) is 0.121. The first kappa shape index (κ1) is 82.9. The summed E-state index contributed by atoms with van der Waals surface area (Å²) in [4.78, 5) is 7.45. The molecule has 2 heterocycles. The highest BCUT2D eigenvalue weighted by Crippen LogP contribution is 2.74. The third kappa shape index (κ3) is 12.8. The normalized spacial score (nSPS) is 25.0. The molecule has 0 atom stereocenters. The van der Waals surface area contributed by atoms with Gasteiger partial charge in [-0.05, 0) is 418 Å². The summed E-state index contributed by atoms with van der Waals surface area (Å²) >= 11 is 3.78. The maximum Gasteiger partial charge on any atom is 0.0467 e. The van der Waals surface area contributed by atoms with E-state index in [1.165, 1.54) is 265 Å². The van der Waals surface area contributed by atoms with Gasteiger partial charge in [0.25, 0.3) is 0 Å². The summed E-state index contributed by atoms with van der Waals surface area (Å²) < 4.78 is 5.42. The predicted octanol–water partition coefficient (Wildman–Crippen LogP) is 37.5. The van der Waals surface area contributed by atoms with Crippen LogP contribution in [0, 0.1) is 71.0 Å². The highest BCUT2D eigenvalue weighted by molar-refractivity contribution is 7.26. The lowest BCUT2D eigenvalue weighted by molar-refractivity contribution is -0.0399. The van der Waals surface area contributed by atoms with E-state index in [4.69, 9.17) is 0 Å².